The molecular formula is C19H25N5O2. The molecule has 2 aliphatic rings. The Balaban J connectivity index is 1.41. The SMILES string of the molecule is CCOc1ncccc1C(=O)N1CCC[C@@H](Cn2cc(C3CC3)nn2)C1. The number of ether oxygens (including phenoxy) is 1. The number of carbonyl (C=O) groups is 1. The molecule has 0 spiro atoms. The molecule has 1 atom stereocenters. The van der Waals surface area contributed by atoms with E-state index in [9.17, 15) is 4.79 Å². The fourth-order valence-electron chi connectivity index (χ4n) is 3.61. The van der Waals surface area contributed by atoms with E-state index in [1.54, 1.807) is 18.3 Å². The van der Waals surface area contributed by atoms with Crippen LogP contribution < -0.4 is 4.74 Å². The monoisotopic (exact) mass is 355 g/mol. The lowest BCUT2D eigenvalue weighted by Crippen LogP contribution is -2.41. The summed E-state index contributed by atoms with van der Waals surface area (Å²) in [4.78, 5) is 19.1. The van der Waals surface area contributed by atoms with Gasteiger partial charge in [-0.3, -0.25) is 9.48 Å². The molecule has 1 amide bonds. The Morgan fingerprint density at radius 1 is 1.35 bits per heavy atom. The van der Waals surface area contributed by atoms with Crippen LogP contribution in [0.2, 0.25) is 0 Å². The number of pyridine rings is 1. The molecule has 1 saturated carbocycles. The van der Waals surface area contributed by atoms with Gasteiger partial charge in [0.15, 0.2) is 0 Å². The van der Waals surface area contributed by atoms with Crippen molar-refractivity contribution < 1.29 is 9.53 Å². The van der Waals surface area contributed by atoms with Gasteiger partial charge in [0, 0.05) is 37.9 Å². The van der Waals surface area contributed by atoms with E-state index in [1.165, 1.54) is 12.8 Å². The van der Waals surface area contributed by atoms with E-state index in [0.717, 1.165) is 38.2 Å². The van der Waals surface area contributed by atoms with Gasteiger partial charge in [-0.05, 0) is 50.7 Å². The molecule has 0 aromatic carbocycles. The van der Waals surface area contributed by atoms with Gasteiger partial charge in [-0.2, -0.15) is 0 Å². The Kier molecular flexibility index (Phi) is 4.86. The number of carbonyl (C=O) groups excluding carboxylic acids is 1. The first kappa shape index (κ1) is 17.0. The molecule has 0 N–H and O–H groups in total. The van der Waals surface area contributed by atoms with Gasteiger partial charge in [-0.25, -0.2) is 4.98 Å². The van der Waals surface area contributed by atoms with Crippen molar-refractivity contribution in [3.05, 3.63) is 35.8 Å². The number of aromatic nitrogens is 4. The van der Waals surface area contributed by atoms with Crippen LogP contribution in [-0.2, 0) is 6.54 Å². The Morgan fingerprint density at radius 2 is 2.23 bits per heavy atom. The Morgan fingerprint density at radius 3 is 3.04 bits per heavy atom. The van der Waals surface area contributed by atoms with Crippen molar-refractivity contribution in [3.8, 4) is 5.88 Å². The van der Waals surface area contributed by atoms with Gasteiger partial charge in [0.1, 0.15) is 5.56 Å². The predicted octanol–water partition coefficient (Wildman–Crippen LogP) is 2.50. The summed E-state index contributed by atoms with van der Waals surface area (Å²) in [5.41, 5.74) is 1.66. The van der Waals surface area contributed by atoms with Crippen LogP contribution in [-0.4, -0.2) is 50.5 Å². The van der Waals surface area contributed by atoms with Gasteiger partial charge in [0.25, 0.3) is 5.91 Å². The first-order valence-corrected chi connectivity index (χ1v) is 9.51. The van der Waals surface area contributed by atoms with E-state index in [4.69, 9.17) is 4.74 Å². The minimum atomic E-state index is 0.00325. The first-order chi connectivity index (χ1) is 12.7. The number of nitrogens with zero attached hydrogens (tertiary/aromatic N) is 5. The zero-order chi connectivity index (χ0) is 17.9. The molecule has 138 valence electrons. The third-order valence-corrected chi connectivity index (χ3v) is 5.09. The van der Waals surface area contributed by atoms with Crippen LogP contribution >= 0.6 is 0 Å². The van der Waals surface area contributed by atoms with Crippen molar-refractivity contribution >= 4 is 5.91 Å². The highest BCUT2D eigenvalue weighted by molar-refractivity contribution is 5.96. The van der Waals surface area contributed by atoms with Crippen molar-refractivity contribution in [1.82, 2.24) is 24.9 Å². The highest BCUT2D eigenvalue weighted by Crippen LogP contribution is 2.38. The highest BCUT2D eigenvalue weighted by atomic mass is 16.5. The van der Waals surface area contributed by atoms with E-state index in [2.05, 4.69) is 21.5 Å². The van der Waals surface area contributed by atoms with Gasteiger partial charge in [-0.1, -0.05) is 5.21 Å². The lowest BCUT2D eigenvalue weighted by molar-refractivity contribution is 0.0654. The third kappa shape index (κ3) is 3.71. The number of amides is 1. The summed E-state index contributed by atoms with van der Waals surface area (Å²) in [5.74, 6) is 1.44. The van der Waals surface area contributed by atoms with Crippen LogP contribution in [0.5, 0.6) is 5.88 Å². The van der Waals surface area contributed by atoms with Crippen molar-refractivity contribution in [1.29, 1.82) is 0 Å². The Hall–Kier alpha value is -2.44. The number of hydrogen-bond acceptors (Lipinski definition) is 5. The average molecular weight is 355 g/mol. The molecule has 7 nitrogen and oxygen atoms in total. The van der Waals surface area contributed by atoms with Gasteiger partial charge >= 0.3 is 0 Å². The Bertz CT molecular complexity index is 771. The second-order valence-corrected chi connectivity index (χ2v) is 7.19. The first-order valence-electron chi connectivity index (χ1n) is 9.51. The number of rotatable bonds is 6. The maximum atomic E-state index is 13.0. The van der Waals surface area contributed by atoms with Crippen molar-refractivity contribution in [2.45, 2.75) is 45.1 Å². The second kappa shape index (κ2) is 7.43. The van der Waals surface area contributed by atoms with Crippen LogP contribution in [0.25, 0.3) is 0 Å². The summed E-state index contributed by atoms with van der Waals surface area (Å²) >= 11 is 0. The third-order valence-electron chi connectivity index (χ3n) is 5.09. The molecule has 1 aliphatic heterocycles. The fraction of sp³-hybridized carbons (Fsp3) is 0.579. The van der Waals surface area contributed by atoms with E-state index >= 15 is 0 Å². The molecule has 1 saturated heterocycles. The summed E-state index contributed by atoms with van der Waals surface area (Å²) in [6.07, 6.45) is 8.31. The zero-order valence-corrected chi connectivity index (χ0v) is 15.2. The lowest BCUT2D eigenvalue weighted by atomic mass is 9.97. The molecule has 26 heavy (non-hydrogen) atoms. The van der Waals surface area contributed by atoms with Crippen LogP contribution in [0.3, 0.4) is 0 Å². The maximum Gasteiger partial charge on any atom is 0.259 e. The predicted molar refractivity (Wildman–Crippen MR) is 96.0 cm³/mol. The fourth-order valence-corrected chi connectivity index (χ4v) is 3.61. The summed E-state index contributed by atoms with van der Waals surface area (Å²) in [7, 11) is 0. The Labute approximate surface area is 153 Å². The molecule has 4 rings (SSSR count). The van der Waals surface area contributed by atoms with Gasteiger partial charge < -0.3 is 9.64 Å². The zero-order valence-electron chi connectivity index (χ0n) is 15.2. The maximum absolute atomic E-state index is 13.0. The lowest BCUT2D eigenvalue weighted by Gasteiger charge is -2.32. The molecule has 0 radical (unpaired) electrons. The topological polar surface area (TPSA) is 73.1 Å². The summed E-state index contributed by atoms with van der Waals surface area (Å²) in [6.45, 7) is 4.72. The number of piperidine rings is 1. The molecule has 7 heteroatoms. The van der Waals surface area contributed by atoms with Crippen LogP contribution in [0.15, 0.2) is 24.5 Å². The van der Waals surface area contributed by atoms with Crippen molar-refractivity contribution in [2.75, 3.05) is 19.7 Å². The minimum absolute atomic E-state index is 0.00325. The van der Waals surface area contributed by atoms with Gasteiger partial charge in [-0.15, -0.1) is 5.10 Å². The average Bonchev–Trinajstić information content (AvgIpc) is 3.42. The molecule has 2 fully saturated rings. The standard InChI is InChI=1S/C19H25N5O2/c1-2-26-18-16(6-3-9-20-18)19(25)23-10-4-5-14(11-23)12-24-13-17(21-22-24)15-7-8-15/h3,6,9,13-15H,2,4-5,7-8,10-12H2,1H3/t14-/m1/s1. The van der Waals surface area contributed by atoms with Gasteiger partial charge in [0.05, 0.1) is 12.3 Å². The molecule has 0 bridgehead atoms. The summed E-state index contributed by atoms with van der Waals surface area (Å²) in [6, 6.07) is 3.58. The minimum Gasteiger partial charge on any atom is -0.477 e. The van der Waals surface area contributed by atoms with Gasteiger partial charge in [0.2, 0.25) is 5.88 Å². The largest absolute Gasteiger partial charge is 0.477 e. The van der Waals surface area contributed by atoms with E-state index < -0.39 is 0 Å². The van der Waals surface area contributed by atoms with Crippen molar-refractivity contribution in [2.24, 2.45) is 5.92 Å². The van der Waals surface area contributed by atoms with E-state index in [0.29, 0.717) is 29.9 Å². The summed E-state index contributed by atoms with van der Waals surface area (Å²) in [5, 5.41) is 8.56. The second-order valence-electron chi connectivity index (χ2n) is 7.19. The number of likely N-dealkylation sites (tertiary alicyclic amines) is 1. The van der Waals surface area contributed by atoms with E-state index in [1.807, 2.05) is 16.5 Å². The highest BCUT2D eigenvalue weighted by Gasteiger charge is 2.29. The molecule has 0 unspecified atom stereocenters. The smallest absolute Gasteiger partial charge is 0.259 e. The quantitative estimate of drug-likeness (QED) is 0.796. The molecule has 1 aliphatic carbocycles. The van der Waals surface area contributed by atoms with Crippen LogP contribution in [0.1, 0.15) is 54.6 Å². The van der Waals surface area contributed by atoms with Crippen molar-refractivity contribution in [3.63, 3.8) is 0 Å². The molecular weight excluding hydrogens is 330 g/mol. The van der Waals surface area contributed by atoms with Crippen LogP contribution in [0.4, 0.5) is 0 Å². The van der Waals surface area contributed by atoms with Crippen LogP contribution in [0, 0.1) is 5.92 Å². The number of hydrogen-bond donors (Lipinski definition) is 0. The molecule has 3 heterocycles. The molecule has 2 aromatic rings. The summed E-state index contributed by atoms with van der Waals surface area (Å²) < 4.78 is 7.47. The normalized spacial score (nSPS) is 20.2. The molecule has 2 aromatic heterocycles. The van der Waals surface area contributed by atoms with E-state index in [-0.39, 0.29) is 5.91 Å².